The number of hydrogen-bond acceptors (Lipinski definition) is 4. The summed E-state index contributed by atoms with van der Waals surface area (Å²) in [4.78, 5) is 2.26. The van der Waals surface area contributed by atoms with Crippen LogP contribution in [0.15, 0.2) is 12.1 Å². The van der Waals surface area contributed by atoms with E-state index >= 15 is 0 Å². The standard InChI is InChI=1S/C16H22ClNO3/c1-16(19)4-2-5-18(11-16)10-12-8-13(17)15-14(9-12)20-6-3-7-21-15/h8-9,19H,2-7,10-11H2,1H3. The summed E-state index contributed by atoms with van der Waals surface area (Å²) in [5.41, 5.74) is 0.509. The van der Waals surface area contributed by atoms with Crippen molar-refractivity contribution >= 4 is 11.6 Å². The molecule has 5 heteroatoms. The van der Waals surface area contributed by atoms with E-state index in [0.29, 0.717) is 30.5 Å². The first-order chi connectivity index (χ1) is 10.0. The maximum absolute atomic E-state index is 10.2. The Balaban J connectivity index is 1.77. The van der Waals surface area contributed by atoms with E-state index in [9.17, 15) is 5.11 Å². The van der Waals surface area contributed by atoms with E-state index in [1.54, 1.807) is 0 Å². The molecule has 2 aliphatic rings. The second kappa shape index (κ2) is 6.03. The Morgan fingerprint density at radius 2 is 2.10 bits per heavy atom. The van der Waals surface area contributed by atoms with Crippen molar-refractivity contribution < 1.29 is 14.6 Å². The predicted octanol–water partition coefficient (Wildman–Crippen LogP) is 2.85. The average molecular weight is 312 g/mol. The van der Waals surface area contributed by atoms with Crippen LogP contribution in [0.5, 0.6) is 11.5 Å². The Morgan fingerprint density at radius 1 is 1.29 bits per heavy atom. The Hall–Kier alpha value is -0.970. The third kappa shape index (κ3) is 3.62. The first kappa shape index (κ1) is 14.9. The van der Waals surface area contributed by atoms with Crippen LogP contribution in [0.2, 0.25) is 5.02 Å². The van der Waals surface area contributed by atoms with Crippen LogP contribution in [0.25, 0.3) is 0 Å². The van der Waals surface area contributed by atoms with Gasteiger partial charge in [-0.2, -0.15) is 0 Å². The fraction of sp³-hybridized carbons (Fsp3) is 0.625. The molecule has 1 atom stereocenters. The highest BCUT2D eigenvalue weighted by atomic mass is 35.5. The number of fused-ring (bicyclic) bond motifs is 1. The summed E-state index contributed by atoms with van der Waals surface area (Å²) >= 11 is 6.32. The lowest BCUT2D eigenvalue weighted by atomic mass is 9.95. The molecule has 0 aliphatic carbocycles. The lowest BCUT2D eigenvalue weighted by Crippen LogP contribution is -2.45. The number of aliphatic hydroxyl groups is 1. The lowest BCUT2D eigenvalue weighted by Gasteiger charge is -2.36. The van der Waals surface area contributed by atoms with Gasteiger partial charge in [0, 0.05) is 19.5 Å². The van der Waals surface area contributed by atoms with E-state index in [-0.39, 0.29) is 0 Å². The summed E-state index contributed by atoms with van der Waals surface area (Å²) in [5.74, 6) is 1.39. The Kier molecular flexibility index (Phi) is 4.29. The summed E-state index contributed by atoms with van der Waals surface area (Å²) in [5, 5.41) is 10.8. The maximum atomic E-state index is 10.2. The minimum atomic E-state index is -0.590. The molecule has 0 bridgehead atoms. The van der Waals surface area contributed by atoms with Crippen LogP contribution in [-0.4, -0.2) is 41.9 Å². The number of rotatable bonds is 2. The van der Waals surface area contributed by atoms with Crippen molar-refractivity contribution in [2.45, 2.75) is 38.3 Å². The van der Waals surface area contributed by atoms with Gasteiger partial charge < -0.3 is 14.6 Å². The van der Waals surface area contributed by atoms with Crippen LogP contribution in [0.3, 0.4) is 0 Å². The molecule has 0 amide bonds. The first-order valence-electron chi connectivity index (χ1n) is 7.56. The molecule has 0 radical (unpaired) electrons. The number of β-amino-alcohol motifs (C(OH)–C–C–N with tert-alkyl or cyclic N) is 1. The molecule has 1 saturated heterocycles. The van der Waals surface area contributed by atoms with Crippen LogP contribution in [0.1, 0.15) is 31.7 Å². The monoisotopic (exact) mass is 311 g/mol. The molecule has 2 heterocycles. The Bertz CT molecular complexity index is 518. The molecule has 0 spiro atoms. The molecule has 4 nitrogen and oxygen atoms in total. The molecule has 0 saturated carbocycles. The molecular formula is C16H22ClNO3. The molecule has 1 aromatic carbocycles. The summed E-state index contributed by atoms with van der Waals surface area (Å²) in [6.45, 7) is 5.67. The van der Waals surface area contributed by atoms with Crippen LogP contribution >= 0.6 is 11.6 Å². The van der Waals surface area contributed by atoms with Gasteiger partial charge in [0.2, 0.25) is 0 Å². The first-order valence-corrected chi connectivity index (χ1v) is 7.94. The van der Waals surface area contributed by atoms with E-state index in [1.807, 2.05) is 19.1 Å². The van der Waals surface area contributed by atoms with E-state index in [2.05, 4.69) is 4.90 Å². The van der Waals surface area contributed by atoms with Crippen molar-refractivity contribution in [3.05, 3.63) is 22.7 Å². The Morgan fingerprint density at radius 3 is 2.90 bits per heavy atom. The molecule has 1 N–H and O–H groups in total. The number of benzene rings is 1. The molecule has 2 aliphatic heterocycles. The highest BCUT2D eigenvalue weighted by Crippen LogP contribution is 2.38. The molecule has 1 fully saturated rings. The quantitative estimate of drug-likeness (QED) is 0.912. The van der Waals surface area contributed by atoms with Crippen LogP contribution in [-0.2, 0) is 6.54 Å². The number of likely N-dealkylation sites (tertiary alicyclic amines) is 1. The SMILES string of the molecule is CC1(O)CCCN(Cc2cc(Cl)c3c(c2)OCCCO3)C1. The third-order valence-corrected chi connectivity index (χ3v) is 4.30. The number of halogens is 1. The van der Waals surface area contributed by atoms with E-state index in [4.69, 9.17) is 21.1 Å². The zero-order valence-electron chi connectivity index (χ0n) is 12.4. The van der Waals surface area contributed by atoms with Gasteiger partial charge in [-0.05, 0) is 44.0 Å². The fourth-order valence-electron chi connectivity index (χ4n) is 3.09. The molecular weight excluding hydrogens is 290 g/mol. The number of piperidine rings is 1. The fourth-order valence-corrected chi connectivity index (χ4v) is 3.38. The van der Waals surface area contributed by atoms with Gasteiger partial charge in [0.1, 0.15) is 0 Å². The third-order valence-electron chi connectivity index (χ3n) is 4.02. The van der Waals surface area contributed by atoms with Crippen molar-refractivity contribution in [1.82, 2.24) is 4.90 Å². The van der Waals surface area contributed by atoms with E-state index < -0.39 is 5.60 Å². The number of hydrogen-bond donors (Lipinski definition) is 1. The summed E-state index contributed by atoms with van der Waals surface area (Å²) < 4.78 is 11.4. The minimum absolute atomic E-state index is 0.590. The van der Waals surface area contributed by atoms with Gasteiger partial charge in [0.25, 0.3) is 0 Å². The van der Waals surface area contributed by atoms with Crippen LogP contribution < -0.4 is 9.47 Å². The highest BCUT2D eigenvalue weighted by molar-refractivity contribution is 6.32. The molecule has 1 aromatic rings. The Labute approximate surface area is 130 Å². The van der Waals surface area contributed by atoms with Crippen molar-refractivity contribution in [3.8, 4) is 11.5 Å². The highest BCUT2D eigenvalue weighted by Gasteiger charge is 2.28. The van der Waals surface area contributed by atoms with Gasteiger partial charge in [0.15, 0.2) is 11.5 Å². The zero-order valence-corrected chi connectivity index (χ0v) is 13.2. The predicted molar refractivity (Wildman–Crippen MR) is 82.2 cm³/mol. The van der Waals surface area contributed by atoms with Gasteiger partial charge in [-0.3, -0.25) is 4.90 Å². The minimum Gasteiger partial charge on any atom is -0.489 e. The lowest BCUT2D eigenvalue weighted by molar-refractivity contribution is -0.0181. The second-order valence-electron chi connectivity index (χ2n) is 6.27. The largest absolute Gasteiger partial charge is 0.489 e. The molecule has 21 heavy (non-hydrogen) atoms. The summed E-state index contributed by atoms with van der Waals surface area (Å²) in [6, 6.07) is 3.95. The normalized spacial score (nSPS) is 26.4. The summed E-state index contributed by atoms with van der Waals surface area (Å²) in [7, 11) is 0. The van der Waals surface area contributed by atoms with Crippen LogP contribution in [0, 0.1) is 0 Å². The molecule has 116 valence electrons. The summed E-state index contributed by atoms with van der Waals surface area (Å²) in [6.07, 6.45) is 2.76. The van der Waals surface area contributed by atoms with Crippen molar-refractivity contribution in [1.29, 1.82) is 0 Å². The van der Waals surface area contributed by atoms with Gasteiger partial charge in [-0.1, -0.05) is 11.6 Å². The zero-order chi connectivity index (χ0) is 14.9. The molecule has 1 unspecified atom stereocenters. The second-order valence-corrected chi connectivity index (χ2v) is 6.67. The molecule has 3 rings (SSSR count). The smallest absolute Gasteiger partial charge is 0.179 e. The van der Waals surface area contributed by atoms with E-state index in [1.165, 1.54) is 0 Å². The van der Waals surface area contributed by atoms with Gasteiger partial charge in [0.05, 0.1) is 23.8 Å². The maximum Gasteiger partial charge on any atom is 0.179 e. The number of ether oxygens (including phenoxy) is 2. The van der Waals surface area contributed by atoms with Gasteiger partial charge in [-0.15, -0.1) is 0 Å². The van der Waals surface area contributed by atoms with Gasteiger partial charge in [-0.25, -0.2) is 0 Å². The average Bonchev–Trinajstić information content (AvgIpc) is 2.63. The van der Waals surface area contributed by atoms with Crippen molar-refractivity contribution in [2.75, 3.05) is 26.3 Å². The van der Waals surface area contributed by atoms with Gasteiger partial charge >= 0.3 is 0 Å². The van der Waals surface area contributed by atoms with Crippen molar-refractivity contribution in [2.24, 2.45) is 0 Å². The van der Waals surface area contributed by atoms with Crippen LogP contribution in [0.4, 0.5) is 0 Å². The number of nitrogens with zero attached hydrogens (tertiary/aromatic N) is 1. The molecule has 0 aromatic heterocycles. The topological polar surface area (TPSA) is 41.9 Å². The van der Waals surface area contributed by atoms with Crippen molar-refractivity contribution in [3.63, 3.8) is 0 Å². The van der Waals surface area contributed by atoms with E-state index in [0.717, 1.165) is 43.7 Å².